The molecule has 0 unspecified atom stereocenters. The van der Waals surface area contributed by atoms with Gasteiger partial charge in [-0.05, 0) is 31.6 Å². The van der Waals surface area contributed by atoms with Gasteiger partial charge in [0.2, 0.25) is 0 Å². The van der Waals surface area contributed by atoms with Crippen LogP contribution in [0, 0.1) is 5.82 Å². The quantitative estimate of drug-likeness (QED) is 0.364. The standard InChI is InChI=1S/C25H23FN2O4/c1-27(2)13-14-28-21(17-9-5-6-10-19(17)26)20(24(31)25(28)32)23(30)18-12-11-15-7-3-4-8-16(15)22(18)29/h3-12,21,29-30H,13-14H2,1-2H3/t21-/m1/s1. The predicted octanol–water partition coefficient (Wildman–Crippen LogP) is 3.67. The van der Waals surface area contributed by atoms with Crippen LogP contribution in [0.2, 0.25) is 0 Å². The van der Waals surface area contributed by atoms with Gasteiger partial charge in [-0.1, -0.05) is 48.5 Å². The molecule has 7 heteroatoms. The fourth-order valence-electron chi connectivity index (χ4n) is 4.03. The van der Waals surface area contributed by atoms with Crippen LogP contribution in [0.5, 0.6) is 5.75 Å². The SMILES string of the molecule is CN(C)CCN1C(=O)C(=O)C(=C(O)c2ccc3ccccc3c2O)[C@H]1c1ccccc1F. The number of aliphatic hydroxyl groups excluding tert-OH is 1. The summed E-state index contributed by atoms with van der Waals surface area (Å²) in [5, 5.41) is 23.2. The summed E-state index contributed by atoms with van der Waals surface area (Å²) >= 11 is 0. The predicted molar refractivity (Wildman–Crippen MR) is 120 cm³/mol. The van der Waals surface area contributed by atoms with Crippen LogP contribution in [0.25, 0.3) is 16.5 Å². The van der Waals surface area contributed by atoms with Crippen molar-refractivity contribution in [2.24, 2.45) is 0 Å². The van der Waals surface area contributed by atoms with E-state index < -0.39 is 29.3 Å². The highest BCUT2D eigenvalue weighted by molar-refractivity contribution is 6.46. The summed E-state index contributed by atoms with van der Waals surface area (Å²) in [6.45, 7) is 0.607. The van der Waals surface area contributed by atoms with Gasteiger partial charge < -0.3 is 20.0 Å². The number of likely N-dealkylation sites (N-methyl/N-ethyl adjacent to an activating group) is 1. The van der Waals surface area contributed by atoms with E-state index in [1.807, 2.05) is 25.1 Å². The number of carbonyl (C=O) groups excluding carboxylic acids is 2. The number of benzene rings is 3. The number of hydrogen-bond donors (Lipinski definition) is 2. The summed E-state index contributed by atoms with van der Waals surface area (Å²) in [6, 6.07) is 15.0. The van der Waals surface area contributed by atoms with Crippen LogP contribution in [0.15, 0.2) is 66.2 Å². The molecule has 0 bridgehead atoms. The number of nitrogens with zero attached hydrogens (tertiary/aromatic N) is 2. The molecule has 0 aromatic heterocycles. The van der Waals surface area contributed by atoms with Gasteiger partial charge in [0.1, 0.15) is 17.3 Å². The zero-order valence-corrected chi connectivity index (χ0v) is 17.7. The van der Waals surface area contributed by atoms with Crippen LogP contribution in [-0.2, 0) is 9.59 Å². The lowest BCUT2D eigenvalue weighted by atomic mass is 9.93. The smallest absolute Gasteiger partial charge is 0.295 e. The molecule has 1 atom stereocenters. The fraction of sp³-hybridized carbons (Fsp3) is 0.200. The first-order valence-electron chi connectivity index (χ1n) is 10.2. The van der Waals surface area contributed by atoms with Crippen molar-refractivity contribution in [2.75, 3.05) is 27.2 Å². The highest BCUT2D eigenvalue weighted by atomic mass is 19.1. The maximum absolute atomic E-state index is 14.8. The highest BCUT2D eigenvalue weighted by Gasteiger charge is 2.47. The first-order chi connectivity index (χ1) is 15.3. The van der Waals surface area contributed by atoms with Crippen LogP contribution >= 0.6 is 0 Å². The monoisotopic (exact) mass is 434 g/mol. The van der Waals surface area contributed by atoms with Crippen molar-refractivity contribution in [3.05, 3.63) is 83.2 Å². The van der Waals surface area contributed by atoms with Crippen LogP contribution in [-0.4, -0.2) is 58.9 Å². The third-order valence-electron chi connectivity index (χ3n) is 5.68. The summed E-state index contributed by atoms with van der Waals surface area (Å²) in [4.78, 5) is 29.0. The van der Waals surface area contributed by atoms with Crippen LogP contribution in [0.1, 0.15) is 17.2 Å². The van der Waals surface area contributed by atoms with E-state index in [1.165, 1.54) is 29.2 Å². The summed E-state index contributed by atoms with van der Waals surface area (Å²) in [7, 11) is 3.64. The molecule has 164 valence electrons. The van der Waals surface area contributed by atoms with E-state index in [-0.39, 0.29) is 29.0 Å². The van der Waals surface area contributed by atoms with Gasteiger partial charge in [-0.2, -0.15) is 0 Å². The van der Waals surface area contributed by atoms with Crippen LogP contribution < -0.4 is 0 Å². The number of aliphatic hydroxyl groups is 1. The van der Waals surface area contributed by atoms with E-state index in [0.717, 1.165) is 5.39 Å². The highest BCUT2D eigenvalue weighted by Crippen LogP contribution is 2.42. The van der Waals surface area contributed by atoms with Gasteiger partial charge >= 0.3 is 0 Å². The maximum Gasteiger partial charge on any atom is 0.295 e. The first-order valence-corrected chi connectivity index (χ1v) is 10.2. The molecule has 1 saturated heterocycles. The Morgan fingerprint density at radius 3 is 2.44 bits per heavy atom. The van der Waals surface area contributed by atoms with Crippen molar-refractivity contribution < 1.29 is 24.2 Å². The zero-order valence-electron chi connectivity index (χ0n) is 17.7. The Labute approximate surface area is 184 Å². The molecule has 3 aromatic carbocycles. The number of likely N-dealkylation sites (tertiary alicyclic amines) is 1. The third-order valence-corrected chi connectivity index (χ3v) is 5.68. The topological polar surface area (TPSA) is 81.1 Å². The molecule has 1 amide bonds. The summed E-state index contributed by atoms with van der Waals surface area (Å²) in [5.41, 5.74) is -0.132. The van der Waals surface area contributed by atoms with Gasteiger partial charge in [-0.3, -0.25) is 9.59 Å². The zero-order chi connectivity index (χ0) is 23.0. The Morgan fingerprint density at radius 1 is 1.03 bits per heavy atom. The Morgan fingerprint density at radius 2 is 1.72 bits per heavy atom. The van der Waals surface area contributed by atoms with E-state index >= 15 is 0 Å². The summed E-state index contributed by atoms with van der Waals surface area (Å²) in [5.74, 6) is -3.08. The number of fused-ring (bicyclic) bond motifs is 1. The number of aromatic hydroxyl groups is 1. The number of Topliss-reactive ketones (excluding diaryl/α,β-unsaturated/α-hetero) is 1. The van der Waals surface area contributed by atoms with Crippen LogP contribution in [0.4, 0.5) is 4.39 Å². The molecule has 0 saturated carbocycles. The van der Waals surface area contributed by atoms with Gasteiger partial charge in [0.05, 0.1) is 17.2 Å². The van der Waals surface area contributed by atoms with E-state index in [4.69, 9.17) is 0 Å². The number of amides is 1. The minimum Gasteiger partial charge on any atom is -0.507 e. The van der Waals surface area contributed by atoms with Crippen molar-refractivity contribution in [1.82, 2.24) is 9.80 Å². The third kappa shape index (κ3) is 3.61. The van der Waals surface area contributed by atoms with E-state index in [1.54, 1.807) is 30.3 Å². The lowest BCUT2D eigenvalue weighted by molar-refractivity contribution is -0.140. The Kier molecular flexibility index (Phi) is 5.67. The van der Waals surface area contributed by atoms with E-state index in [2.05, 4.69) is 0 Å². The Balaban J connectivity index is 1.93. The molecule has 4 rings (SSSR count). The molecule has 6 nitrogen and oxygen atoms in total. The molecule has 1 heterocycles. The molecule has 1 fully saturated rings. The minimum absolute atomic E-state index is 0.00986. The maximum atomic E-state index is 14.8. The van der Waals surface area contributed by atoms with Crippen molar-refractivity contribution in [2.45, 2.75) is 6.04 Å². The number of halogens is 1. The van der Waals surface area contributed by atoms with Gasteiger partial charge in [0.25, 0.3) is 11.7 Å². The van der Waals surface area contributed by atoms with Crippen molar-refractivity contribution in [1.29, 1.82) is 0 Å². The average molecular weight is 434 g/mol. The second kappa shape index (κ2) is 8.43. The van der Waals surface area contributed by atoms with Gasteiger partial charge in [0.15, 0.2) is 0 Å². The fourth-order valence-corrected chi connectivity index (χ4v) is 4.03. The Hall–Kier alpha value is -3.71. The average Bonchev–Trinajstić information content (AvgIpc) is 3.02. The van der Waals surface area contributed by atoms with Crippen molar-refractivity contribution in [3.8, 4) is 5.75 Å². The van der Waals surface area contributed by atoms with Gasteiger partial charge in [-0.25, -0.2) is 4.39 Å². The second-order valence-corrected chi connectivity index (χ2v) is 8.00. The normalized spacial score (nSPS) is 18.1. The lowest BCUT2D eigenvalue weighted by Crippen LogP contribution is -2.35. The molecule has 0 radical (unpaired) electrons. The molecule has 1 aliphatic rings. The van der Waals surface area contributed by atoms with E-state index in [0.29, 0.717) is 11.9 Å². The number of carbonyl (C=O) groups is 2. The molecule has 0 spiro atoms. The molecular formula is C25H23FN2O4. The molecule has 1 aliphatic heterocycles. The molecule has 3 aromatic rings. The first kappa shape index (κ1) is 21.5. The summed E-state index contributed by atoms with van der Waals surface area (Å²) in [6.07, 6.45) is 0. The van der Waals surface area contributed by atoms with Crippen LogP contribution in [0.3, 0.4) is 0 Å². The van der Waals surface area contributed by atoms with E-state index in [9.17, 15) is 24.2 Å². The number of rotatable bonds is 5. The second-order valence-electron chi connectivity index (χ2n) is 8.00. The molecule has 32 heavy (non-hydrogen) atoms. The van der Waals surface area contributed by atoms with Gasteiger partial charge in [-0.15, -0.1) is 0 Å². The number of phenols is 1. The Bertz CT molecular complexity index is 1250. The van der Waals surface area contributed by atoms with Crippen molar-refractivity contribution in [3.63, 3.8) is 0 Å². The summed E-state index contributed by atoms with van der Waals surface area (Å²) < 4.78 is 14.8. The molecule has 2 N–H and O–H groups in total. The molecule has 0 aliphatic carbocycles. The number of hydrogen-bond acceptors (Lipinski definition) is 5. The van der Waals surface area contributed by atoms with Gasteiger partial charge in [0, 0.05) is 24.0 Å². The lowest BCUT2D eigenvalue weighted by Gasteiger charge is -2.26. The largest absolute Gasteiger partial charge is 0.507 e. The minimum atomic E-state index is -1.11. The number of phenolic OH excluding ortho intramolecular Hbond substituents is 1. The molecular weight excluding hydrogens is 411 g/mol. The van der Waals surface area contributed by atoms with Crippen molar-refractivity contribution >= 4 is 28.2 Å². The number of ketones is 1.